The molecule has 0 atom stereocenters. The first-order valence-electron chi connectivity index (χ1n) is 25.8. The number of ether oxygens (including phenoxy) is 4. The molecule has 0 unspecified atom stereocenters. The Morgan fingerprint density at radius 1 is 0.417 bits per heavy atom. The van der Waals surface area contributed by atoms with Crippen molar-refractivity contribution in [3.63, 3.8) is 0 Å². The second-order valence-electron chi connectivity index (χ2n) is 18.5. The van der Waals surface area contributed by atoms with Crippen LogP contribution in [0.3, 0.4) is 0 Å². The molecule has 14 nitrogen and oxygen atoms in total. The first-order valence-corrected chi connectivity index (χ1v) is 25.8. The molecule has 0 saturated heterocycles. The van der Waals surface area contributed by atoms with Gasteiger partial charge in [-0.15, -0.1) is 0 Å². The molecule has 2 fully saturated rings. The number of carbonyl (C=O) groups excluding carboxylic acids is 8. The number of hydrogen-bond acceptors (Lipinski definition) is 14. The summed E-state index contributed by atoms with van der Waals surface area (Å²) >= 11 is 0. The average Bonchev–Trinajstić information content (AvgIpc) is 3.40. The van der Waals surface area contributed by atoms with E-state index in [9.17, 15) is 38.4 Å². The number of Topliss-reactive ketones (excluding diaryl/α,β-unsaturated/α-hetero) is 2. The van der Waals surface area contributed by atoms with Gasteiger partial charge in [0.1, 0.15) is 23.7 Å². The van der Waals surface area contributed by atoms with Gasteiger partial charge in [0.25, 0.3) is 0 Å². The van der Waals surface area contributed by atoms with Crippen LogP contribution >= 0.6 is 0 Å². The Morgan fingerprint density at radius 3 is 1.15 bits per heavy atom. The third kappa shape index (κ3) is 15.8. The zero-order valence-electron chi connectivity index (χ0n) is 41.5. The topological polar surface area (TPSA) is 192 Å². The normalized spacial score (nSPS) is 13.9. The highest BCUT2D eigenvalue weighted by Gasteiger charge is 2.30. The molecular formula is C58H66O14. The van der Waals surface area contributed by atoms with Crippen molar-refractivity contribution in [1.29, 1.82) is 0 Å². The molecule has 0 aromatic heterocycles. The summed E-state index contributed by atoms with van der Waals surface area (Å²) in [6.45, 7) is 4.20. The van der Waals surface area contributed by atoms with Crippen molar-refractivity contribution >= 4 is 47.4 Å². The summed E-state index contributed by atoms with van der Waals surface area (Å²) in [5, 5.41) is 0. The lowest BCUT2D eigenvalue weighted by Gasteiger charge is -2.21. The van der Waals surface area contributed by atoms with Gasteiger partial charge < -0.3 is 18.9 Å². The molecule has 382 valence electrons. The summed E-state index contributed by atoms with van der Waals surface area (Å²) in [7, 11) is 0. The van der Waals surface area contributed by atoms with E-state index < -0.39 is 35.8 Å². The smallest absolute Gasteiger partial charge is 0.431 e. The van der Waals surface area contributed by atoms with E-state index in [2.05, 4.69) is 13.8 Å². The maximum Gasteiger partial charge on any atom is 0.514 e. The number of hydrogen-bond donors (Lipinski definition) is 0. The SMILES string of the molecule is CCCCCCCC(=O)c1ccc(OC(=O)OC2CCCCC2)c(C(=O)c2ccccc2C(=O)OOC(=O)c2ccccc2C(=O)c2cc(C(=O)CCCCCCC)ccc2OC(=O)OC2CCCCC2)c1. The maximum atomic E-state index is 14.5. The second-order valence-corrected chi connectivity index (χ2v) is 18.5. The molecule has 0 radical (unpaired) electrons. The van der Waals surface area contributed by atoms with E-state index in [0.29, 0.717) is 38.5 Å². The Labute approximate surface area is 421 Å². The van der Waals surface area contributed by atoms with Crippen molar-refractivity contribution in [3.05, 3.63) is 129 Å². The van der Waals surface area contributed by atoms with Crippen molar-refractivity contribution in [1.82, 2.24) is 0 Å². The zero-order chi connectivity index (χ0) is 51.2. The van der Waals surface area contributed by atoms with Gasteiger partial charge in [-0.2, -0.15) is 0 Å². The van der Waals surface area contributed by atoms with Crippen LogP contribution in [-0.2, 0) is 19.2 Å². The third-order valence-electron chi connectivity index (χ3n) is 13.1. The molecule has 0 bridgehead atoms. The molecule has 14 heteroatoms. The maximum absolute atomic E-state index is 14.5. The van der Waals surface area contributed by atoms with Crippen LogP contribution in [0, 0.1) is 0 Å². The van der Waals surface area contributed by atoms with E-state index in [-0.39, 0.29) is 92.6 Å². The van der Waals surface area contributed by atoms with Gasteiger partial charge in [0.15, 0.2) is 23.1 Å². The highest BCUT2D eigenvalue weighted by atomic mass is 17.2. The molecule has 2 saturated carbocycles. The van der Waals surface area contributed by atoms with Gasteiger partial charge in [0.05, 0.1) is 22.3 Å². The van der Waals surface area contributed by atoms with Gasteiger partial charge in [-0.05, 0) is 113 Å². The number of benzene rings is 4. The summed E-state index contributed by atoms with van der Waals surface area (Å²) < 4.78 is 22.3. The summed E-state index contributed by atoms with van der Waals surface area (Å²) in [5.41, 5.74) is -1.10. The predicted octanol–water partition coefficient (Wildman–Crippen LogP) is 13.9. The van der Waals surface area contributed by atoms with Crippen LogP contribution in [0.1, 0.15) is 228 Å². The van der Waals surface area contributed by atoms with Crippen LogP contribution in [0.4, 0.5) is 9.59 Å². The quantitative estimate of drug-likeness (QED) is 0.0161. The Hall–Kier alpha value is -6.96. The molecule has 0 aliphatic heterocycles. The van der Waals surface area contributed by atoms with Gasteiger partial charge in [-0.1, -0.05) is 114 Å². The minimum absolute atomic E-state index is 0.192. The number of rotatable bonds is 24. The van der Waals surface area contributed by atoms with Crippen LogP contribution < -0.4 is 9.47 Å². The molecule has 72 heavy (non-hydrogen) atoms. The van der Waals surface area contributed by atoms with E-state index in [1.807, 2.05) is 0 Å². The fraction of sp³-hybridized carbons (Fsp3) is 0.448. The van der Waals surface area contributed by atoms with Crippen LogP contribution in [-0.4, -0.2) is 59.6 Å². The fourth-order valence-corrected chi connectivity index (χ4v) is 9.05. The van der Waals surface area contributed by atoms with E-state index in [1.54, 1.807) is 0 Å². The molecule has 2 aliphatic rings. The van der Waals surface area contributed by atoms with Gasteiger partial charge in [-0.3, -0.25) is 19.2 Å². The first-order chi connectivity index (χ1) is 35.0. The lowest BCUT2D eigenvalue weighted by atomic mass is 9.94. The third-order valence-corrected chi connectivity index (χ3v) is 13.1. The molecule has 2 aliphatic carbocycles. The molecule has 4 aromatic rings. The zero-order valence-corrected chi connectivity index (χ0v) is 41.5. The van der Waals surface area contributed by atoms with Gasteiger partial charge in [0, 0.05) is 35.1 Å². The second kappa shape index (κ2) is 28.2. The van der Waals surface area contributed by atoms with Crippen LogP contribution in [0.5, 0.6) is 11.5 Å². The predicted molar refractivity (Wildman–Crippen MR) is 267 cm³/mol. The molecule has 0 spiro atoms. The van der Waals surface area contributed by atoms with E-state index in [0.717, 1.165) is 89.9 Å². The van der Waals surface area contributed by atoms with Crippen LogP contribution in [0.15, 0.2) is 84.9 Å². The Bertz CT molecular complexity index is 2370. The average molecular weight is 987 g/mol. The monoisotopic (exact) mass is 986 g/mol. The van der Waals surface area contributed by atoms with Crippen LogP contribution in [0.25, 0.3) is 0 Å². The molecule has 0 N–H and O–H groups in total. The van der Waals surface area contributed by atoms with Crippen molar-refractivity contribution < 1.29 is 67.1 Å². The largest absolute Gasteiger partial charge is 0.514 e. The van der Waals surface area contributed by atoms with Crippen molar-refractivity contribution in [2.75, 3.05) is 0 Å². The summed E-state index contributed by atoms with van der Waals surface area (Å²) in [4.78, 5) is 119. The minimum atomic E-state index is -1.26. The van der Waals surface area contributed by atoms with Gasteiger partial charge >= 0.3 is 24.2 Å². The standard InChI is InChI=1S/C58H66O14/c1-3-5-7-9-17-31-49(59)39-33-35-51(69-57(65)67-41-23-13-11-14-24-41)47(37-39)53(61)43-27-19-21-29-45(43)55(63)71-72-56(64)46-30-22-20-28-44(46)54(62)48-38-40(50(60)32-18-10-8-6-4-2)34-36-52(48)70-58(66)68-42-25-15-12-16-26-42/h19-22,27-30,33-38,41-42H,3-18,23-26,31-32H2,1-2H3. The Morgan fingerprint density at radius 2 is 0.778 bits per heavy atom. The van der Waals surface area contributed by atoms with Crippen molar-refractivity contribution in [2.24, 2.45) is 0 Å². The lowest BCUT2D eigenvalue weighted by Crippen LogP contribution is -2.24. The van der Waals surface area contributed by atoms with Gasteiger partial charge in [0.2, 0.25) is 0 Å². The summed E-state index contributed by atoms with van der Waals surface area (Å²) in [5.74, 6) is -4.95. The van der Waals surface area contributed by atoms with Gasteiger partial charge in [-0.25, -0.2) is 29.0 Å². The number of ketones is 4. The fourth-order valence-electron chi connectivity index (χ4n) is 9.05. The molecule has 6 rings (SSSR count). The molecule has 0 amide bonds. The highest BCUT2D eigenvalue weighted by Crippen LogP contribution is 2.31. The summed E-state index contributed by atoms with van der Waals surface area (Å²) in [6.07, 6.45) is 15.4. The van der Waals surface area contributed by atoms with Crippen LogP contribution in [0.2, 0.25) is 0 Å². The molecule has 4 aromatic carbocycles. The first kappa shape index (κ1) is 54.4. The molecular weight excluding hydrogens is 921 g/mol. The van der Waals surface area contributed by atoms with Crippen molar-refractivity contribution in [3.8, 4) is 11.5 Å². The lowest BCUT2D eigenvalue weighted by molar-refractivity contribution is -0.187. The highest BCUT2D eigenvalue weighted by molar-refractivity contribution is 6.18. The summed E-state index contributed by atoms with van der Waals surface area (Å²) in [6, 6.07) is 19.4. The molecule has 0 heterocycles. The number of unbranched alkanes of at least 4 members (excludes halogenated alkanes) is 8. The van der Waals surface area contributed by atoms with Crippen molar-refractivity contribution in [2.45, 2.75) is 167 Å². The number of carbonyl (C=O) groups is 8. The minimum Gasteiger partial charge on any atom is -0.431 e. The Balaban J connectivity index is 1.21. The van der Waals surface area contributed by atoms with E-state index in [1.165, 1.54) is 84.9 Å². The van der Waals surface area contributed by atoms with E-state index in [4.69, 9.17) is 28.7 Å². The Kier molecular flexibility index (Phi) is 21.3. The van der Waals surface area contributed by atoms with E-state index >= 15 is 0 Å².